The van der Waals surface area contributed by atoms with E-state index in [0.717, 1.165) is 32.1 Å². The van der Waals surface area contributed by atoms with Gasteiger partial charge in [0.15, 0.2) is 0 Å². The molecule has 2 aliphatic carbocycles. The molecule has 10 nitrogen and oxygen atoms in total. The van der Waals surface area contributed by atoms with Gasteiger partial charge in [0.2, 0.25) is 5.91 Å². The van der Waals surface area contributed by atoms with Crippen molar-refractivity contribution in [3.63, 3.8) is 0 Å². The van der Waals surface area contributed by atoms with E-state index in [-0.39, 0.29) is 36.7 Å². The first-order valence-corrected chi connectivity index (χ1v) is 15.1. The van der Waals surface area contributed by atoms with E-state index in [1.54, 1.807) is 6.08 Å². The van der Waals surface area contributed by atoms with E-state index in [1.165, 1.54) is 5.57 Å². The average Bonchev–Trinajstić information content (AvgIpc) is 3.23. The van der Waals surface area contributed by atoms with Gasteiger partial charge in [0, 0.05) is 37.6 Å². The Kier molecular flexibility index (Phi) is 16.7. The molecule has 3 N–H and O–H groups in total. The lowest BCUT2D eigenvalue weighted by molar-refractivity contribution is -0.757. The van der Waals surface area contributed by atoms with Gasteiger partial charge in [-0.3, -0.25) is 9.59 Å². The zero-order valence-corrected chi connectivity index (χ0v) is 24.3. The van der Waals surface area contributed by atoms with Crippen molar-refractivity contribution in [2.75, 3.05) is 13.2 Å². The normalized spacial score (nSPS) is 23.0. The van der Waals surface area contributed by atoms with Crippen LogP contribution in [0.25, 0.3) is 0 Å². The predicted molar refractivity (Wildman–Crippen MR) is 156 cm³/mol. The second-order valence-electron chi connectivity index (χ2n) is 10.8. The van der Waals surface area contributed by atoms with Crippen LogP contribution in [0.1, 0.15) is 90.4 Å². The van der Waals surface area contributed by atoms with E-state index < -0.39 is 23.4 Å². The number of carbonyl (C=O) groups excluding carboxylic acids is 2. The fourth-order valence-corrected chi connectivity index (χ4v) is 5.32. The highest BCUT2D eigenvalue weighted by atomic mass is 16.9. The summed E-state index contributed by atoms with van der Waals surface area (Å²) < 4.78 is 5.80. The van der Waals surface area contributed by atoms with Crippen molar-refractivity contribution < 1.29 is 34.5 Å². The van der Waals surface area contributed by atoms with Gasteiger partial charge in [-0.15, -0.1) is 10.1 Å². The van der Waals surface area contributed by atoms with Crippen molar-refractivity contribution in [2.24, 2.45) is 11.8 Å². The number of esters is 1. The summed E-state index contributed by atoms with van der Waals surface area (Å²) in [5.41, 5.74) is 1.33. The second kappa shape index (κ2) is 20.0. The Bertz CT molecular complexity index is 929. The Morgan fingerprint density at radius 2 is 2.05 bits per heavy atom. The van der Waals surface area contributed by atoms with E-state index >= 15 is 0 Å². The molecule has 41 heavy (non-hydrogen) atoms. The maximum absolute atomic E-state index is 12.6. The Morgan fingerprint density at radius 1 is 1.22 bits per heavy atom. The van der Waals surface area contributed by atoms with E-state index in [4.69, 9.17) is 4.74 Å². The molecule has 0 radical (unpaired) electrons. The number of unbranched alkanes of at least 4 members (excludes halogenated alkanes) is 3. The van der Waals surface area contributed by atoms with Crippen LogP contribution in [0.2, 0.25) is 0 Å². The monoisotopic (exact) mass is 576 g/mol. The minimum Gasteiger partial charge on any atom is -0.462 e. The van der Waals surface area contributed by atoms with Gasteiger partial charge in [-0.05, 0) is 64.7 Å². The molecule has 0 aromatic carbocycles. The van der Waals surface area contributed by atoms with Crippen LogP contribution >= 0.6 is 0 Å². The first-order chi connectivity index (χ1) is 19.8. The molecule has 0 heterocycles. The van der Waals surface area contributed by atoms with E-state index in [9.17, 15) is 29.9 Å². The predicted octanol–water partition coefficient (Wildman–Crippen LogP) is 4.89. The summed E-state index contributed by atoms with van der Waals surface area (Å²) in [5.74, 6) is -0.722. The van der Waals surface area contributed by atoms with Crippen molar-refractivity contribution in [1.82, 2.24) is 5.32 Å². The van der Waals surface area contributed by atoms with Gasteiger partial charge < -0.3 is 25.1 Å². The highest BCUT2D eigenvalue weighted by molar-refractivity contribution is 5.75. The molecule has 2 rings (SSSR count). The molecule has 0 aromatic rings. The van der Waals surface area contributed by atoms with E-state index in [1.807, 2.05) is 25.2 Å². The van der Waals surface area contributed by atoms with Crippen LogP contribution in [0.15, 0.2) is 48.1 Å². The van der Waals surface area contributed by atoms with Crippen LogP contribution in [-0.2, 0) is 19.2 Å². The zero-order valence-electron chi connectivity index (χ0n) is 24.3. The van der Waals surface area contributed by atoms with Crippen molar-refractivity contribution in [3.8, 4) is 0 Å². The smallest absolute Gasteiger partial charge is 0.306 e. The SMILES string of the molecule is CCNC(=O)CCC/C=C\C[C@@H]1[C@@H](/C=C/[C@@H](O)CCC2=CC=CCC2)[C@H](O)C[C@@H]1OC(=O)CCCCCO[N+](=O)[O-]. The first kappa shape index (κ1) is 34.2. The molecule has 0 bridgehead atoms. The maximum atomic E-state index is 12.6. The van der Waals surface area contributed by atoms with E-state index in [0.29, 0.717) is 51.5 Å². The summed E-state index contributed by atoms with van der Waals surface area (Å²) in [6.07, 6.45) is 20.4. The second-order valence-corrected chi connectivity index (χ2v) is 10.8. The molecule has 230 valence electrons. The molecule has 0 aliphatic heterocycles. The van der Waals surface area contributed by atoms with Gasteiger partial charge in [-0.25, -0.2) is 0 Å². The summed E-state index contributed by atoms with van der Waals surface area (Å²) in [7, 11) is 0. The molecule has 2 aliphatic rings. The fraction of sp³-hybridized carbons (Fsp3) is 0.677. The summed E-state index contributed by atoms with van der Waals surface area (Å²) >= 11 is 0. The Morgan fingerprint density at radius 3 is 2.78 bits per heavy atom. The number of allylic oxidation sites excluding steroid dienone is 6. The van der Waals surface area contributed by atoms with Crippen molar-refractivity contribution >= 4 is 11.9 Å². The number of hydrogen-bond acceptors (Lipinski definition) is 8. The molecule has 0 saturated heterocycles. The van der Waals surface area contributed by atoms with Crippen LogP contribution in [0, 0.1) is 22.0 Å². The van der Waals surface area contributed by atoms with Crippen LogP contribution < -0.4 is 5.32 Å². The number of ether oxygens (including phenoxy) is 1. The molecule has 1 saturated carbocycles. The molecule has 1 amide bonds. The Labute approximate surface area is 243 Å². The number of nitrogens with one attached hydrogen (secondary N) is 1. The van der Waals surface area contributed by atoms with Crippen LogP contribution in [0.3, 0.4) is 0 Å². The zero-order chi connectivity index (χ0) is 29.9. The maximum Gasteiger partial charge on any atom is 0.306 e. The van der Waals surface area contributed by atoms with Crippen LogP contribution in [-0.4, -0.2) is 58.6 Å². The van der Waals surface area contributed by atoms with Crippen molar-refractivity contribution in [1.29, 1.82) is 0 Å². The number of amides is 1. The van der Waals surface area contributed by atoms with Gasteiger partial charge in [-0.1, -0.05) is 54.5 Å². The molecule has 0 spiro atoms. The summed E-state index contributed by atoms with van der Waals surface area (Å²) in [4.78, 5) is 38.7. The van der Waals surface area contributed by atoms with Gasteiger partial charge in [0.1, 0.15) is 6.10 Å². The largest absolute Gasteiger partial charge is 0.462 e. The average molecular weight is 577 g/mol. The lowest BCUT2D eigenvalue weighted by Crippen LogP contribution is -2.25. The molecule has 10 heteroatoms. The number of hydrogen-bond donors (Lipinski definition) is 3. The molecule has 0 unspecified atom stereocenters. The topological polar surface area (TPSA) is 148 Å². The molecule has 1 fully saturated rings. The lowest BCUT2D eigenvalue weighted by atomic mass is 9.89. The molecule has 5 atom stereocenters. The number of aliphatic hydroxyl groups excluding tert-OH is 2. The van der Waals surface area contributed by atoms with Crippen molar-refractivity contribution in [2.45, 2.75) is 109 Å². The lowest BCUT2D eigenvalue weighted by Gasteiger charge is -2.23. The number of rotatable bonds is 20. The summed E-state index contributed by atoms with van der Waals surface area (Å²) in [6.45, 7) is 2.51. The van der Waals surface area contributed by atoms with E-state index in [2.05, 4.69) is 28.4 Å². The highest BCUT2D eigenvalue weighted by Crippen LogP contribution is 2.38. The highest BCUT2D eigenvalue weighted by Gasteiger charge is 2.42. The third-order valence-corrected chi connectivity index (χ3v) is 7.54. The summed E-state index contributed by atoms with van der Waals surface area (Å²) in [6, 6.07) is 0. The summed E-state index contributed by atoms with van der Waals surface area (Å²) in [5, 5.41) is 33.6. The molecular weight excluding hydrogens is 528 g/mol. The van der Waals surface area contributed by atoms with Gasteiger partial charge in [-0.2, -0.15) is 0 Å². The van der Waals surface area contributed by atoms with Crippen molar-refractivity contribution in [3.05, 3.63) is 58.2 Å². The minimum atomic E-state index is -0.826. The Hall–Kier alpha value is -2.98. The van der Waals surface area contributed by atoms with Crippen LogP contribution in [0.4, 0.5) is 0 Å². The standard InChI is InChI=1S/C31H48N2O8/c1-2-32-30(36)16-10-4-3-9-15-27-26(21-20-25(34)19-18-24-13-7-5-8-14-24)28(35)23-29(27)41-31(37)17-11-6-12-22-40-33(38)39/h3,5,7,9,13,20-21,25-29,34-35H,2,4,6,8,10-12,14-19,22-23H2,1H3,(H,32,36)/b9-3-,21-20+/t25-,26+,27+,28+,29-/m0/s1. The van der Waals surface area contributed by atoms with Gasteiger partial charge in [0.25, 0.3) is 5.09 Å². The van der Waals surface area contributed by atoms with Crippen LogP contribution in [0.5, 0.6) is 0 Å². The third-order valence-electron chi connectivity index (χ3n) is 7.54. The number of nitrogens with zero attached hydrogens (tertiary/aromatic N) is 1. The Balaban J connectivity index is 1.92. The van der Waals surface area contributed by atoms with Gasteiger partial charge in [0.05, 0.1) is 18.8 Å². The molecule has 0 aromatic heterocycles. The molecular formula is C31H48N2O8. The number of carbonyl (C=O) groups is 2. The minimum absolute atomic E-state index is 0.00304. The number of aliphatic hydroxyl groups is 2. The first-order valence-electron chi connectivity index (χ1n) is 15.1. The quantitative estimate of drug-likeness (QED) is 0.0610. The van der Waals surface area contributed by atoms with Gasteiger partial charge >= 0.3 is 5.97 Å². The third kappa shape index (κ3) is 14.5. The fourth-order valence-electron chi connectivity index (χ4n) is 5.32.